The lowest BCUT2D eigenvalue weighted by atomic mass is 10.1. The highest BCUT2D eigenvalue weighted by Gasteiger charge is 2.24. The summed E-state index contributed by atoms with van der Waals surface area (Å²) in [6.07, 6.45) is 2.76. The van der Waals surface area contributed by atoms with Crippen LogP contribution in [0, 0.1) is 20.2 Å². The van der Waals surface area contributed by atoms with Gasteiger partial charge < -0.3 is 10.4 Å². The number of unbranched alkanes of at least 4 members (excludes halogenated alkanes) is 2. The molecule has 0 aliphatic rings. The van der Waals surface area contributed by atoms with Gasteiger partial charge in [-0.1, -0.05) is 26.2 Å². The predicted octanol–water partition coefficient (Wildman–Crippen LogP) is 2.95. The molecular formula is C13H17N3O6. The van der Waals surface area contributed by atoms with Crippen LogP contribution in [0.25, 0.3) is 0 Å². The fraction of sp³-hybridized carbons (Fsp3) is 0.462. The first-order valence-corrected chi connectivity index (χ1v) is 6.79. The third kappa shape index (κ3) is 4.69. The van der Waals surface area contributed by atoms with Gasteiger partial charge in [0.25, 0.3) is 11.4 Å². The number of hydrogen-bond donors (Lipinski definition) is 2. The largest absolute Gasteiger partial charge is 0.480 e. The molecule has 0 spiro atoms. The number of carboxylic acids is 1. The van der Waals surface area contributed by atoms with Crippen molar-refractivity contribution in [2.45, 2.75) is 38.6 Å². The summed E-state index contributed by atoms with van der Waals surface area (Å²) in [5.41, 5.74) is -0.981. The highest BCUT2D eigenvalue weighted by atomic mass is 16.6. The van der Waals surface area contributed by atoms with Gasteiger partial charge in [0.1, 0.15) is 11.7 Å². The molecule has 0 saturated carbocycles. The Bertz CT molecular complexity index is 575. The van der Waals surface area contributed by atoms with Crippen LogP contribution in [-0.2, 0) is 4.79 Å². The number of nitro benzene ring substituents is 2. The molecule has 9 heteroatoms. The second kappa shape index (κ2) is 7.91. The fourth-order valence-electron chi connectivity index (χ4n) is 1.95. The van der Waals surface area contributed by atoms with Crippen LogP contribution in [0.2, 0.25) is 0 Å². The van der Waals surface area contributed by atoms with Gasteiger partial charge in [-0.05, 0) is 12.5 Å². The van der Waals surface area contributed by atoms with Crippen molar-refractivity contribution in [2.75, 3.05) is 5.32 Å². The number of rotatable bonds is 9. The molecule has 0 unspecified atom stereocenters. The molecule has 0 saturated heterocycles. The maximum Gasteiger partial charge on any atom is 0.326 e. The summed E-state index contributed by atoms with van der Waals surface area (Å²) in [6.45, 7) is 1.98. The Morgan fingerprint density at radius 2 is 1.95 bits per heavy atom. The summed E-state index contributed by atoms with van der Waals surface area (Å²) in [7, 11) is 0. The van der Waals surface area contributed by atoms with E-state index >= 15 is 0 Å². The maximum atomic E-state index is 11.2. The van der Waals surface area contributed by atoms with E-state index in [1.807, 2.05) is 6.92 Å². The van der Waals surface area contributed by atoms with Crippen LogP contribution in [0.1, 0.15) is 32.6 Å². The Morgan fingerprint density at radius 1 is 1.27 bits per heavy atom. The Hall–Kier alpha value is -2.71. The number of anilines is 1. The van der Waals surface area contributed by atoms with Crippen LogP contribution < -0.4 is 5.32 Å². The van der Waals surface area contributed by atoms with Crippen molar-refractivity contribution in [3.05, 3.63) is 38.4 Å². The van der Waals surface area contributed by atoms with Crippen LogP contribution in [0.15, 0.2) is 18.2 Å². The molecule has 22 heavy (non-hydrogen) atoms. The smallest absolute Gasteiger partial charge is 0.326 e. The number of carboxylic acid groups (broad SMARTS) is 1. The van der Waals surface area contributed by atoms with E-state index in [4.69, 9.17) is 5.11 Å². The van der Waals surface area contributed by atoms with Crippen molar-refractivity contribution in [1.82, 2.24) is 0 Å². The first-order valence-electron chi connectivity index (χ1n) is 6.79. The standard InChI is InChI=1S/C13H17N3O6/c1-2-3-4-5-11(13(17)18)14-10-7-6-9(15(19)20)8-12(10)16(21)22/h6-8,11,14H,2-5H2,1H3,(H,17,18)/t11-/m1/s1. The lowest BCUT2D eigenvalue weighted by molar-refractivity contribution is -0.393. The van der Waals surface area contributed by atoms with Gasteiger partial charge in [-0.3, -0.25) is 20.2 Å². The third-order valence-electron chi connectivity index (χ3n) is 3.11. The molecular weight excluding hydrogens is 294 g/mol. The van der Waals surface area contributed by atoms with Crippen molar-refractivity contribution in [2.24, 2.45) is 0 Å². The van der Waals surface area contributed by atoms with Crippen LogP contribution in [0.4, 0.5) is 17.1 Å². The van der Waals surface area contributed by atoms with Crippen molar-refractivity contribution in [1.29, 1.82) is 0 Å². The number of nitrogens with one attached hydrogen (secondary N) is 1. The Kier molecular flexibility index (Phi) is 6.24. The second-order valence-corrected chi connectivity index (χ2v) is 4.75. The number of nitrogens with zero attached hydrogens (tertiary/aromatic N) is 2. The molecule has 0 bridgehead atoms. The number of carbonyl (C=O) groups is 1. The summed E-state index contributed by atoms with van der Waals surface area (Å²) in [6, 6.07) is 2.09. The minimum Gasteiger partial charge on any atom is -0.480 e. The Morgan fingerprint density at radius 3 is 2.45 bits per heavy atom. The molecule has 120 valence electrons. The van der Waals surface area contributed by atoms with E-state index in [9.17, 15) is 25.0 Å². The average Bonchev–Trinajstić information content (AvgIpc) is 2.45. The summed E-state index contributed by atoms with van der Waals surface area (Å²) < 4.78 is 0. The van der Waals surface area contributed by atoms with Crippen LogP contribution in [0.3, 0.4) is 0 Å². The quantitative estimate of drug-likeness (QED) is 0.406. The van der Waals surface area contributed by atoms with Gasteiger partial charge in [0.2, 0.25) is 0 Å². The molecule has 1 aromatic carbocycles. The minimum atomic E-state index is -1.12. The summed E-state index contributed by atoms with van der Waals surface area (Å²) in [5, 5.41) is 33.4. The maximum absolute atomic E-state index is 11.2. The van der Waals surface area contributed by atoms with Gasteiger partial charge in [0.05, 0.1) is 15.9 Å². The van der Waals surface area contributed by atoms with E-state index in [2.05, 4.69) is 5.32 Å². The highest BCUT2D eigenvalue weighted by molar-refractivity contribution is 5.79. The van der Waals surface area contributed by atoms with Gasteiger partial charge in [-0.25, -0.2) is 4.79 Å². The van der Waals surface area contributed by atoms with Crippen LogP contribution in [0.5, 0.6) is 0 Å². The van der Waals surface area contributed by atoms with Crippen LogP contribution in [-0.4, -0.2) is 27.0 Å². The van der Waals surface area contributed by atoms with Crippen molar-refractivity contribution in [3.63, 3.8) is 0 Å². The molecule has 0 heterocycles. The molecule has 2 N–H and O–H groups in total. The van der Waals surface area contributed by atoms with E-state index in [-0.39, 0.29) is 5.69 Å². The van der Waals surface area contributed by atoms with Crippen LogP contribution >= 0.6 is 0 Å². The topological polar surface area (TPSA) is 136 Å². The van der Waals surface area contributed by atoms with Crippen molar-refractivity contribution in [3.8, 4) is 0 Å². The zero-order valence-corrected chi connectivity index (χ0v) is 12.0. The number of aliphatic carboxylic acids is 1. The lowest BCUT2D eigenvalue weighted by Gasteiger charge is -2.15. The number of nitro groups is 2. The summed E-state index contributed by atoms with van der Waals surface area (Å²) >= 11 is 0. The zero-order chi connectivity index (χ0) is 16.7. The van der Waals surface area contributed by atoms with E-state index < -0.39 is 33.2 Å². The van der Waals surface area contributed by atoms with Gasteiger partial charge in [-0.2, -0.15) is 0 Å². The molecule has 0 fully saturated rings. The number of benzene rings is 1. The van der Waals surface area contributed by atoms with E-state index in [0.717, 1.165) is 31.0 Å². The Balaban J connectivity index is 3.00. The van der Waals surface area contributed by atoms with Gasteiger partial charge in [0, 0.05) is 6.07 Å². The molecule has 0 aromatic heterocycles. The number of hydrogen-bond acceptors (Lipinski definition) is 6. The third-order valence-corrected chi connectivity index (χ3v) is 3.11. The first kappa shape index (κ1) is 17.3. The molecule has 9 nitrogen and oxygen atoms in total. The van der Waals surface area contributed by atoms with Gasteiger partial charge in [-0.15, -0.1) is 0 Å². The second-order valence-electron chi connectivity index (χ2n) is 4.75. The molecule has 1 rings (SSSR count). The minimum absolute atomic E-state index is 0.0421. The van der Waals surface area contributed by atoms with Gasteiger partial charge >= 0.3 is 5.97 Å². The Labute approximate surface area is 126 Å². The molecule has 1 atom stereocenters. The molecule has 0 radical (unpaired) electrons. The average molecular weight is 311 g/mol. The predicted molar refractivity (Wildman–Crippen MR) is 78.9 cm³/mol. The summed E-state index contributed by atoms with van der Waals surface area (Å²) in [4.78, 5) is 31.4. The molecule has 0 aliphatic carbocycles. The van der Waals surface area contributed by atoms with Crippen molar-refractivity contribution >= 4 is 23.0 Å². The summed E-state index contributed by atoms with van der Waals surface area (Å²) in [5.74, 6) is -1.12. The lowest BCUT2D eigenvalue weighted by Crippen LogP contribution is -2.29. The zero-order valence-electron chi connectivity index (χ0n) is 12.0. The van der Waals surface area contributed by atoms with E-state index in [1.54, 1.807) is 0 Å². The van der Waals surface area contributed by atoms with E-state index in [1.165, 1.54) is 0 Å². The highest BCUT2D eigenvalue weighted by Crippen LogP contribution is 2.29. The normalized spacial score (nSPS) is 11.7. The monoisotopic (exact) mass is 311 g/mol. The molecule has 0 amide bonds. The molecule has 0 aliphatic heterocycles. The first-order chi connectivity index (χ1) is 10.4. The van der Waals surface area contributed by atoms with Gasteiger partial charge in [0.15, 0.2) is 0 Å². The molecule has 1 aromatic rings. The van der Waals surface area contributed by atoms with Crippen molar-refractivity contribution < 1.29 is 19.7 Å². The SMILES string of the molecule is CCCCC[C@@H](Nc1ccc([N+](=O)[O-])cc1[N+](=O)[O-])C(=O)O. The fourth-order valence-corrected chi connectivity index (χ4v) is 1.95. The van der Waals surface area contributed by atoms with E-state index in [0.29, 0.717) is 12.8 Å². The number of non-ortho nitro benzene ring substituents is 1.